The van der Waals surface area contributed by atoms with E-state index in [4.69, 9.17) is 0 Å². The first-order valence-electron chi connectivity index (χ1n) is 53.2. The molecule has 0 unspecified atom stereocenters. The zero-order valence-electron chi connectivity index (χ0n) is 83.7. The Bertz CT molecular complexity index is 10400. The van der Waals surface area contributed by atoms with Crippen molar-refractivity contribution in [1.29, 1.82) is 0 Å². The summed E-state index contributed by atoms with van der Waals surface area (Å²) in [5.41, 5.74) is 51.6. The zero-order chi connectivity index (χ0) is 98.9. The minimum atomic E-state index is -0.388. The van der Waals surface area contributed by atoms with Gasteiger partial charge in [0.1, 0.15) is 0 Å². The minimum Gasteiger partial charge on any atom is -0.309 e. The summed E-state index contributed by atoms with van der Waals surface area (Å²) in [4.78, 5) is 0. The number of fused-ring (bicyclic) bond motifs is 39. The van der Waals surface area contributed by atoms with E-state index >= 15 is 0 Å². The predicted molar refractivity (Wildman–Crippen MR) is 627 cm³/mol. The molecule has 6 heterocycles. The molecule has 6 heteroatoms. The molecule has 6 nitrogen and oxygen atoms in total. The summed E-state index contributed by atoms with van der Waals surface area (Å²) >= 11 is 0. The summed E-state index contributed by atoms with van der Waals surface area (Å²) in [7, 11) is 0. The summed E-state index contributed by atoms with van der Waals surface area (Å²) in [5.74, 6) is 0. The molecule has 1 saturated carbocycles. The zero-order valence-corrected chi connectivity index (χ0v) is 83.7. The highest BCUT2D eigenvalue weighted by atomic mass is 15.0. The van der Waals surface area contributed by atoms with E-state index in [1.165, 1.54) is 313 Å². The van der Waals surface area contributed by atoms with Crippen LogP contribution in [0.2, 0.25) is 0 Å². The molecule has 6 aliphatic carbocycles. The van der Waals surface area contributed by atoms with Crippen molar-refractivity contribution in [2.45, 2.75) is 75.0 Å². The van der Waals surface area contributed by atoms with Gasteiger partial charge >= 0.3 is 0 Å². The third kappa shape index (κ3) is 11.7. The van der Waals surface area contributed by atoms with Gasteiger partial charge in [0.05, 0.1) is 71.6 Å². The Labute approximate surface area is 868 Å². The van der Waals surface area contributed by atoms with E-state index in [0.717, 1.165) is 0 Å². The van der Waals surface area contributed by atoms with Crippen LogP contribution in [0.25, 0.3) is 232 Å². The van der Waals surface area contributed by atoms with Crippen LogP contribution in [0.3, 0.4) is 0 Å². The lowest BCUT2D eigenvalue weighted by Crippen LogP contribution is -2.26. The van der Waals surface area contributed by atoms with Crippen molar-refractivity contribution in [2.75, 3.05) is 0 Å². The average molecular weight is 1910 g/mol. The Morgan fingerprint density at radius 1 is 0.147 bits per heavy atom. The largest absolute Gasteiger partial charge is 0.309 e. The lowest BCUT2D eigenvalue weighted by atomic mass is 9.70. The summed E-state index contributed by atoms with van der Waals surface area (Å²) in [6.07, 6.45) is 5.05. The number of benzene rings is 22. The topological polar surface area (TPSA) is 29.6 Å². The van der Waals surface area contributed by atoms with Crippen LogP contribution in [0.1, 0.15) is 109 Å². The van der Waals surface area contributed by atoms with Crippen molar-refractivity contribution in [2.24, 2.45) is 0 Å². The molecule has 22 aromatic carbocycles. The highest BCUT2D eigenvalue weighted by Gasteiger charge is 2.52. The van der Waals surface area contributed by atoms with E-state index in [1.807, 2.05) is 0 Å². The summed E-state index contributed by atoms with van der Waals surface area (Å²) in [6.45, 7) is 9.47. The first-order chi connectivity index (χ1) is 73.9. The van der Waals surface area contributed by atoms with Crippen LogP contribution in [0, 0.1) is 0 Å². The Balaban J connectivity index is 0.0000000993. The molecule has 6 aliphatic rings. The lowest BCUT2D eigenvalue weighted by Gasteiger charge is -2.30. The molecule has 6 aromatic heterocycles. The van der Waals surface area contributed by atoms with E-state index in [2.05, 4.69) is 540 Å². The van der Waals surface area contributed by atoms with E-state index in [-0.39, 0.29) is 21.7 Å². The average Bonchev–Trinajstić information content (AvgIpc) is 1.50. The number of nitrogens with zero attached hydrogens (tertiary/aromatic N) is 6. The van der Waals surface area contributed by atoms with Crippen LogP contribution in [0.15, 0.2) is 485 Å². The molecule has 0 bridgehead atoms. The summed E-state index contributed by atoms with van der Waals surface area (Å²) in [6, 6.07) is 181. The van der Waals surface area contributed by atoms with Crippen LogP contribution in [-0.2, 0) is 21.7 Å². The fourth-order valence-corrected chi connectivity index (χ4v) is 29.0. The molecule has 150 heavy (non-hydrogen) atoms. The van der Waals surface area contributed by atoms with Crippen molar-refractivity contribution in [3.05, 3.63) is 541 Å². The van der Waals surface area contributed by atoms with Gasteiger partial charge in [0, 0.05) is 115 Å². The van der Waals surface area contributed by atoms with E-state index in [0.29, 0.717) is 0 Å². The van der Waals surface area contributed by atoms with Gasteiger partial charge in [0.2, 0.25) is 0 Å². The molecule has 0 saturated heterocycles. The molecule has 0 aliphatic heterocycles. The van der Waals surface area contributed by atoms with Gasteiger partial charge in [-0.2, -0.15) is 0 Å². The number of aromatic nitrogens is 6. The van der Waals surface area contributed by atoms with Gasteiger partial charge in [-0.3, -0.25) is 0 Å². The Morgan fingerprint density at radius 2 is 0.373 bits per heavy atom. The Kier molecular flexibility index (Phi) is 17.9. The van der Waals surface area contributed by atoms with Crippen molar-refractivity contribution >= 4 is 131 Å². The number of hydrogen-bond donors (Lipinski definition) is 0. The molecule has 1 fully saturated rings. The number of rotatable bonds is 7. The first-order valence-corrected chi connectivity index (χ1v) is 53.2. The Morgan fingerprint density at radius 3 is 0.720 bits per heavy atom. The number of para-hydroxylation sites is 7. The van der Waals surface area contributed by atoms with Gasteiger partial charge in [0.25, 0.3) is 0 Å². The molecule has 0 N–H and O–H groups in total. The molecule has 0 atom stereocenters. The molecule has 706 valence electrons. The monoisotopic (exact) mass is 1910 g/mol. The van der Waals surface area contributed by atoms with Crippen LogP contribution >= 0.6 is 0 Å². The predicted octanol–water partition coefficient (Wildman–Crippen LogP) is 37.1. The summed E-state index contributed by atoms with van der Waals surface area (Å²) in [5, 5.41) is 15.3. The van der Waals surface area contributed by atoms with Gasteiger partial charge < -0.3 is 27.4 Å². The second-order valence-electron chi connectivity index (χ2n) is 43.5. The van der Waals surface area contributed by atoms with Crippen molar-refractivity contribution in [3.8, 4) is 101 Å². The Hall–Kier alpha value is -18.4. The molecule has 28 aromatic rings. The van der Waals surface area contributed by atoms with Gasteiger partial charge in [0.15, 0.2) is 0 Å². The smallest absolute Gasteiger partial charge is 0.0726 e. The van der Waals surface area contributed by atoms with Gasteiger partial charge in [-0.15, -0.1) is 0 Å². The van der Waals surface area contributed by atoms with Crippen LogP contribution in [0.5, 0.6) is 0 Å². The highest BCUT2D eigenvalue weighted by Crippen LogP contribution is 2.65. The van der Waals surface area contributed by atoms with E-state index in [9.17, 15) is 0 Å². The molecular weight excluding hydrogens is 1810 g/mol. The highest BCUT2D eigenvalue weighted by molar-refractivity contribution is 6.23. The SMILES string of the molecule is CC1(C)c2ccccc2-c2ccc(-n3c4ccccc4c4cc5c6ccccc6n(-c6ccc7c(c6)C(C)(C)c6ccccc6-7)c5cc43)cc21.c1ccc(-c2ccc(-n3c4ccccc4c4cc5c6ccccc6n(-c6ccc7c(c6)C6(CCCC6)c6ccccc6-7)c5cc43)cc2)cc1.c1ccc(-n2c3ccccc3c3cc4c5ccccc5n(-c5ccc6c(c5)C5(c7ccccc7-c7ccccc75)c5ccccc5-6)c4cc32)cc1. The minimum absolute atomic E-state index is 0.0681. The molecule has 2 spiro atoms. The molecular formula is C144H100N6. The van der Waals surface area contributed by atoms with Crippen LogP contribution < -0.4 is 0 Å². The fourth-order valence-electron chi connectivity index (χ4n) is 29.0. The van der Waals surface area contributed by atoms with Gasteiger partial charge in [-0.05, 0) is 281 Å². The van der Waals surface area contributed by atoms with Gasteiger partial charge in [-0.1, -0.05) is 380 Å². The van der Waals surface area contributed by atoms with Crippen LogP contribution in [0.4, 0.5) is 0 Å². The molecule has 0 amide bonds. The molecule has 34 rings (SSSR count). The third-order valence-electron chi connectivity index (χ3n) is 35.5. The molecule has 0 radical (unpaired) electrons. The maximum Gasteiger partial charge on any atom is 0.0726 e. The third-order valence-corrected chi connectivity index (χ3v) is 35.5. The van der Waals surface area contributed by atoms with E-state index < -0.39 is 0 Å². The van der Waals surface area contributed by atoms with E-state index in [1.54, 1.807) is 0 Å². The second kappa shape index (κ2) is 31.6. The first kappa shape index (κ1) is 84.9. The maximum absolute atomic E-state index is 2.54. The van der Waals surface area contributed by atoms with Crippen molar-refractivity contribution in [1.82, 2.24) is 27.4 Å². The lowest BCUT2D eigenvalue weighted by molar-refractivity contribution is 0.549. The van der Waals surface area contributed by atoms with Gasteiger partial charge in [-0.25, -0.2) is 0 Å². The second-order valence-corrected chi connectivity index (χ2v) is 43.5. The standard InChI is InChI=1S/C49H30N2.C48H36N2.C47H34N2/c1-2-14-31(15-3-1)50-45-24-12-7-19-37(45)39-29-40-38-20-8-13-25-46(38)51(48(40)30-47(39)50)32-26-27-36-35-18-6-11-23-43(35)49(44(36)28-32)41-21-9-4-16-33(41)34-17-5-10-22-42(34)49;1-47(2)39-17-9-5-13-31(39)33-23-21-29(25-41(33)47)49-43-19-11-7-15-35(43)37-27-38-36-16-8-12-20-44(36)50(46(38)28-45(37)49)30-22-24-34-32-14-6-10-18-40(32)48(3,4)42(34)26-30;1-2-12-31(13-3-1)32-20-22-33(23-21-32)48-43-18-8-5-15-37(43)39-29-40-38-16-6-9-19-44(38)49(46(40)30-45(39)48)34-24-25-36-35-14-4-7-17-41(35)47(42(36)28-34)26-10-11-27-47/h1-30H;5-28H,1-4H3;1-9,12-25,28-30H,10-11,26-27H2. The fraction of sp³-hybridized carbons (Fsp3) is 0.0833. The summed E-state index contributed by atoms with van der Waals surface area (Å²) < 4.78 is 14.9. The van der Waals surface area contributed by atoms with Crippen molar-refractivity contribution < 1.29 is 0 Å². The van der Waals surface area contributed by atoms with Crippen LogP contribution in [-0.4, -0.2) is 27.4 Å². The quantitative estimate of drug-likeness (QED) is 0.152. The normalized spacial score (nSPS) is 14.5. The maximum atomic E-state index is 2.54. The number of hydrogen-bond acceptors (Lipinski definition) is 0. The van der Waals surface area contributed by atoms with Crippen molar-refractivity contribution in [3.63, 3.8) is 0 Å².